The number of carbonyl (C=O) groups is 4. The maximum absolute atomic E-state index is 13.1. The highest BCUT2D eigenvalue weighted by Crippen LogP contribution is 2.44. The average Bonchev–Trinajstić information content (AvgIpc) is 3.35. The van der Waals surface area contributed by atoms with E-state index in [4.69, 9.17) is 14.2 Å². The summed E-state index contributed by atoms with van der Waals surface area (Å²) in [7, 11) is 0. The number of unbranched alkanes of at least 4 members (excludes halogenated alkanes) is 1. The van der Waals surface area contributed by atoms with Gasteiger partial charge in [-0.2, -0.15) is 0 Å². The Morgan fingerprint density at radius 2 is 1.40 bits per heavy atom. The number of fused-ring (bicyclic) bond motifs is 3. The first-order valence-corrected chi connectivity index (χ1v) is 16.0. The summed E-state index contributed by atoms with van der Waals surface area (Å²) in [6, 6.07) is 21.7. The molecule has 2 atom stereocenters. The summed E-state index contributed by atoms with van der Waals surface area (Å²) >= 11 is 0. The van der Waals surface area contributed by atoms with Crippen LogP contribution in [0.25, 0.3) is 11.1 Å². The number of nitrogens with one attached hydrogen (secondary N) is 3. The minimum atomic E-state index is -0.980. The van der Waals surface area contributed by atoms with E-state index in [2.05, 4.69) is 28.1 Å². The Labute approximate surface area is 276 Å². The second-order valence-corrected chi connectivity index (χ2v) is 12.8. The lowest BCUT2D eigenvalue weighted by Crippen LogP contribution is -2.50. The summed E-state index contributed by atoms with van der Waals surface area (Å²) in [5.41, 5.74) is 5.70. The van der Waals surface area contributed by atoms with Gasteiger partial charge in [0, 0.05) is 12.5 Å². The standard InChI is InChI=1S/C37H45N3O7/c1-24-17-19-26(20-18-24)22-45-34(42)32(16-10-11-21-38-35(43)47-37(3,4)5)40-33(41)25(2)39-36(44)46-23-31-29-14-8-6-12-27(29)28-13-7-9-15-30(28)31/h6-9,12-15,17-20,25,31-32H,10-11,16,21-23H2,1-5H3,(H,38,43)(H,39,44)(H,40,41)/t25-,32-/m0/s1. The van der Waals surface area contributed by atoms with Gasteiger partial charge in [0.15, 0.2) is 0 Å². The molecule has 47 heavy (non-hydrogen) atoms. The molecule has 0 unspecified atom stereocenters. The van der Waals surface area contributed by atoms with Crippen molar-refractivity contribution in [2.75, 3.05) is 13.2 Å². The number of carbonyl (C=O) groups excluding carboxylic acids is 4. The van der Waals surface area contributed by atoms with Crippen molar-refractivity contribution in [3.63, 3.8) is 0 Å². The summed E-state index contributed by atoms with van der Waals surface area (Å²) < 4.78 is 16.4. The van der Waals surface area contributed by atoms with Crippen LogP contribution in [-0.4, -0.2) is 54.9 Å². The third-order valence-electron chi connectivity index (χ3n) is 7.76. The summed E-state index contributed by atoms with van der Waals surface area (Å²) in [6.07, 6.45) is 0.0692. The average molecular weight is 644 g/mol. The Bertz CT molecular complexity index is 1500. The minimum Gasteiger partial charge on any atom is -0.459 e. The minimum absolute atomic E-state index is 0.0548. The molecule has 4 rings (SSSR count). The molecule has 0 aromatic heterocycles. The Morgan fingerprint density at radius 1 is 0.787 bits per heavy atom. The topological polar surface area (TPSA) is 132 Å². The highest BCUT2D eigenvalue weighted by Gasteiger charge is 2.30. The van der Waals surface area contributed by atoms with E-state index >= 15 is 0 Å². The van der Waals surface area contributed by atoms with E-state index in [9.17, 15) is 19.2 Å². The third-order valence-corrected chi connectivity index (χ3v) is 7.76. The van der Waals surface area contributed by atoms with Gasteiger partial charge in [0.25, 0.3) is 0 Å². The molecular weight excluding hydrogens is 598 g/mol. The van der Waals surface area contributed by atoms with Gasteiger partial charge in [-0.15, -0.1) is 0 Å². The van der Waals surface area contributed by atoms with Crippen LogP contribution in [0.2, 0.25) is 0 Å². The smallest absolute Gasteiger partial charge is 0.407 e. The van der Waals surface area contributed by atoms with E-state index < -0.39 is 41.7 Å². The van der Waals surface area contributed by atoms with Gasteiger partial charge in [-0.05, 0) is 81.7 Å². The van der Waals surface area contributed by atoms with E-state index in [0.29, 0.717) is 19.4 Å². The van der Waals surface area contributed by atoms with Crippen LogP contribution in [0, 0.1) is 6.92 Å². The molecule has 1 aliphatic rings. The van der Waals surface area contributed by atoms with Gasteiger partial charge in [0.05, 0.1) is 0 Å². The Kier molecular flexibility index (Phi) is 12.0. The lowest BCUT2D eigenvalue weighted by Gasteiger charge is -2.21. The van der Waals surface area contributed by atoms with Gasteiger partial charge < -0.3 is 30.2 Å². The number of alkyl carbamates (subject to hydrolysis) is 2. The zero-order valence-electron chi connectivity index (χ0n) is 27.8. The van der Waals surface area contributed by atoms with Crippen LogP contribution in [0.5, 0.6) is 0 Å². The van der Waals surface area contributed by atoms with Crippen LogP contribution in [0.3, 0.4) is 0 Å². The maximum Gasteiger partial charge on any atom is 0.407 e. The monoisotopic (exact) mass is 643 g/mol. The summed E-state index contributed by atoms with van der Waals surface area (Å²) in [4.78, 5) is 51.0. The molecule has 0 bridgehead atoms. The van der Waals surface area contributed by atoms with E-state index in [0.717, 1.165) is 33.4 Å². The Hall–Kier alpha value is -4.86. The number of aryl methyl sites for hydroxylation is 1. The second-order valence-electron chi connectivity index (χ2n) is 12.8. The van der Waals surface area contributed by atoms with Gasteiger partial charge in [-0.25, -0.2) is 14.4 Å². The van der Waals surface area contributed by atoms with Gasteiger partial charge in [0.1, 0.15) is 30.9 Å². The van der Waals surface area contributed by atoms with Crippen molar-refractivity contribution in [1.29, 1.82) is 0 Å². The lowest BCUT2D eigenvalue weighted by molar-refractivity contribution is -0.149. The molecule has 10 nitrogen and oxygen atoms in total. The number of rotatable bonds is 13. The lowest BCUT2D eigenvalue weighted by atomic mass is 9.98. The van der Waals surface area contributed by atoms with Gasteiger partial charge in [0.2, 0.25) is 5.91 Å². The van der Waals surface area contributed by atoms with Crippen molar-refractivity contribution < 1.29 is 33.4 Å². The molecule has 3 aromatic rings. The predicted octanol–water partition coefficient (Wildman–Crippen LogP) is 6.15. The highest BCUT2D eigenvalue weighted by molar-refractivity contribution is 5.89. The molecule has 0 spiro atoms. The maximum atomic E-state index is 13.1. The largest absolute Gasteiger partial charge is 0.459 e. The zero-order chi connectivity index (χ0) is 34.0. The van der Waals surface area contributed by atoms with Crippen LogP contribution < -0.4 is 16.0 Å². The second kappa shape index (κ2) is 16.1. The molecule has 0 heterocycles. The molecule has 3 N–H and O–H groups in total. The van der Waals surface area contributed by atoms with Crippen LogP contribution in [0.15, 0.2) is 72.8 Å². The molecule has 0 saturated heterocycles. The first-order valence-electron chi connectivity index (χ1n) is 16.0. The first kappa shape index (κ1) is 35.0. The fourth-order valence-electron chi connectivity index (χ4n) is 5.35. The zero-order valence-corrected chi connectivity index (χ0v) is 27.8. The van der Waals surface area contributed by atoms with Gasteiger partial charge >= 0.3 is 18.2 Å². The first-order chi connectivity index (χ1) is 22.4. The van der Waals surface area contributed by atoms with Crippen LogP contribution in [0.4, 0.5) is 9.59 Å². The van der Waals surface area contributed by atoms with E-state index in [1.54, 1.807) is 20.8 Å². The molecule has 0 fully saturated rings. The van der Waals surface area contributed by atoms with Crippen LogP contribution in [0.1, 0.15) is 75.1 Å². The Balaban J connectivity index is 1.30. The molecular formula is C37H45N3O7. The summed E-state index contributed by atoms with van der Waals surface area (Å²) in [5.74, 6) is -1.26. The molecule has 3 aromatic carbocycles. The number of ether oxygens (including phenoxy) is 3. The predicted molar refractivity (Wildman–Crippen MR) is 179 cm³/mol. The summed E-state index contributed by atoms with van der Waals surface area (Å²) in [5, 5.41) is 8.00. The van der Waals surface area contributed by atoms with E-state index in [1.807, 2.05) is 67.6 Å². The molecule has 1 aliphatic carbocycles. The molecule has 0 radical (unpaired) electrons. The van der Waals surface area contributed by atoms with Crippen molar-refractivity contribution >= 4 is 24.1 Å². The van der Waals surface area contributed by atoms with Gasteiger partial charge in [-0.3, -0.25) is 4.79 Å². The van der Waals surface area contributed by atoms with E-state index in [1.165, 1.54) is 6.92 Å². The SMILES string of the molecule is Cc1ccc(COC(=O)[C@H](CCCCNC(=O)OC(C)(C)C)NC(=O)[C@H](C)NC(=O)OCC2c3ccccc3-c3ccccc32)cc1. The molecule has 10 heteroatoms. The number of amides is 3. The molecule has 0 saturated carbocycles. The Morgan fingerprint density at radius 3 is 2.02 bits per heavy atom. The molecule has 3 amide bonds. The summed E-state index contributed by atoms with van der Waals surface area (Å²) in [6.45, 7) is 9.35. The van der Waals surface area contributed by atoms with Crippen molar-refractivity contribution in [1.82, 2.24) is 16.0 Å². The normalized spacial score (nSPS) is 13.4. The van der Waals surface area contributed by atoms with Crippen LogP contribution in [-0.2, 0) is 30.4 Å². The van der Waals surface area contributed by atoms with Crippen molar-refractivity contribution in [3.05, 3.63) is 95.1 Å². The van der Waals surface area contributed by atoms with E-state index in [-0.39, 0.29) is 25.6 Å². The van der Waals surface area contributed by atoms with Gasteiger partial charge in [-0.1, -0.05) is 78.4 Å². The molecule has 250 valence electrons. The van der Waals surface area contributed by atoms with Crippen molar-refractivity contribution in [2.45, 2.75) is 84.1 Å². The fourth-order valence-corrected chi connectivity index (χ4v) is 5.35. The number of hydrogen-bond acceptors (Lipinski definition) is 7. The number of esters is 1. The van der Waals surface area contributed by atoms with Crippen molar-refractivity contribution in [3.8, 4) is 11.1 Å². The van der Waals surface area contributed by atoms with Crippen molar-refractivity contribution in [2.24, 2.45) is 0 Å². The molecule has 0 aliphatic heterocycles. The quantitative estimate of drug-likeness (QED) is 0.116. The fraction of sp³-hybridized carbons (Fsp3) is 0.405. The third kappa shape index (κ3) is 10.3. The van der Waals surface area contributed by atoms with Crippen LogP contribution >= 0.6 is 0 Å². The number of benzene rings is 3. The number of hydrogen-bond donors (Lipinski definition) is 3. The highest BCUT2D eigenvalue weighted by atomic mass is 16.6.